The lowest BCUT2D eigenvalue weighted by Crippen LogP contribution is -2.40. The van der Waals surface area contributed by atoms with Gasteiger partial charge in [0, 0.05) is 13.1 Å². The van der Waals surface area contributed by atoms with E-state index in [0.29, 0.717) is 18.9 Å². The standard InChI is InChI=1S/C11H24N2O2S/c1-2-11(8-12)16(14,15)13-9-10-6-4-3-5-7-10/h10-11,13H,2-9,12H2,1H3. The zero-order valence-electron chi connectivity index (χ0n) is 10.1. The van der Waals surface area contributed by atoms with Gasteiger partial charge in [0.25, 0.3) is 0 Å². The van der Waals surface area contributed by atoms with Crippen LogP contribution >= 0.6 is 0 Å². The molecule has 1 rings (SSSR count). The van der Waals surface area contributed by atoms with Gasteiger partial charge >= 0.3 is 0 Å². The molecule has 0 aliphatic heterocycles. The van der Waals surface area contributed by atoms with Crippen molar-refractivity contribution in [2.75, 3.05) is 13.1 Å². The first kappa shape index (κ1) is 13.9. The van der Waals surface area contributed by atoms with Gasteiger partial charge in [-0.3, -0.25) is 0 Å². The van der Waals surface area contributed by atoms with Crippen LogP contribution in [0.5, 0.6) is 0 Å². The number of nitrogens with one attached hydrogen (secondary N) is 1. The molecule has 1 fully saturated rings. The van der Waals surface area contributed by atoms with Gasteiger partial charge in [0.15, 0.2) is 0 Å². The Morgan fingerprint density at radius 2 is 1.94 bits per heavy atom. The van der Waals surface area contributed by atoms with Crippen molar-refractivity contribution >= 4 is 10.0 Å². The Morgan fingerprint density at radius 1 is 1.31 bits per heavy atom. The average molecular weight is 248 g/mol. The highest BCUT2D eigenvalue weighted by Crippen LogP contribution is 2.23. The van der Waals surface area contributed by atoms with Crippen molar-refractivity contribution in [3.05, 3.63) is 0 Å². The number of sulfonamides is 1. The predicted molar refractivity (Wildman–Crippen MR) is 66.6 cm³/mol. The van der Waals surface area contributed by atoms with Crippen molar-refractivity contribution in [3.63, 3.8) is 0 Å². The van der Waals surface area contributed by atoms with Crippen LogP contribution in [0, 0.1) is 5.92 Å². The van der Waals surface area contributed by atoms with E-state index in [9.17, 15) is 8.42 Å². The third-order valence-electron chi connectivity index (χ3n) is 3.46. The molecule has 0 bridgehead atoms. The molecule has 96 valence electrons. The maximum Gasteiger partial charge on any atom is 0.215 e. The minimum atomic E-state index is -3.20. The van der Waals surface area contributed by atoms with Crippen molar-refractivity contribution < 1.29 is 8.42 Å². The molecule has 5 heteroatoms. The fourth-order valence-corrected chi connectivity index (χ4v) is 3.65. The largest absolute Gasteiger partial charge is 0.329 e. The second kappa shape index (κ2) is 6.57. The Kier molecular flexibility index (Phi) is 5.72. The fourth-order valence-electron chi connectivity index (χ4n) is 2.26. The molecule has 0 aromatic carbocycles. The summed E-state index contributed by atoms with van der Waals surface area (Å²) in [5, 5.41) is -0.434. The van der Waals surface area contributed by atoms with E-state index in [0.717, 1.165) is 12.8 Å². The van der Waals surface area contributed by atoms with Gasteiger partial charge in [0.2, 0.25) is 10.0 Å². The Bertz CT molecular complexity index is 280. The molecule has 0 radical (unpaired) electrons. The normalized spacial score (nSPS) is 20.9. The molecule has 1 aliphatic rings. The maximum absolute atomic E-state index is 11.8. The zero-order valence-corrected chi connectivity index (χ0v) is 10.9. The van der Waals surface area contributed by atoms with Crippen LogP contribution in [0.3, 0.4) is 0 Å². The first-order valence-corrected chi connectivity index (χ1v) is 7.83. The van der Waals surface area contributed by atoms with E-state index < -0.39 is 15.3 Å². The molecule has 3 N–H and O–H groups in total. The lowest BCUT2D eigenvalue weighted by Gasteiger charge is -2.23. The molecule has 1 atom stereocenters. The highest BCUT2D eigenvalue weighted by atomic mass is 32.2. The topological polar surface area (TPSA) is 72.2 Å². The molecule has 0 aromatic rings. The van der Waals surface area contributed by atoms with Crippen molar-refractivity contribution in [1.82, 2.24) is 4.72 Å². The van der Waals surface area contributed by atoms with E-state index in [1.165, 1.54) is 19.3 Å². The van der Waals surface area contributed by atoms with Gasteiger partial charge in [-0.1, -0.05) is 26.2 Å². The number of hydrogen-bond donors (Lipinski definition) is 2. The second-order valence-electron chi connectivity index (χ2n) is 4.66. The highest BCUT2D eigenvalue weighted by molar-refractivity contribution is 7.90. The molecule has 0 aromatic heterocycles. The van der Waals surface area contributed by atoms with Gasteiger partial charge in [-0.15, -0.1) is 0 Å². The smallest absolute Gasteiger partial charge is 0.215 e. The molecule has 1 aliphatic carbocycles. The van der Waals surface area contributed by atoms with E-state index in [1.807, 2.05) is 6.92 Å². The molecular weight excluding hydrogens is 224 g/mol. The van der Waals surface area contributed by atoms with Gasteiger partial charge in [-0.05, 0) is 25.2 Å². The summed E-state index contributed by atoms with van der Waals surface area (Å²) < 4.78 is 26.4. The van der Waals surface area contributed by atoms with E-state index in [-0.39, 0.29) is 6.54 Å². The minimum Gasteiger partial charge on any atom is -0.329 e. The molecule has 4 nitrogen and oxygen atoms in total. The monoisotopic (exact) mass is 248 g/mol. The van der Waals surface area contributed by atoms with Gasteiger partial charge in [-0.25, -0.2) is 13.1 Å². The van der Waals surface area contributed by atoms with Crippen LogP contribution in [-0.2, 0) is 10.0 Å². The van der Waals surface area contributed by atoms with Gasteiger partial charge < -0.3 is 5.73 Å². The molecule has 0 amide bonds. The third-order valence-corrected chi connectivity index (χ3v) is 5.43. The number of nitrogens with two attached hydrogens (primary N) is 1. The summed E-state index contributed by atoms with van der Waals surface area (Å²) >= 11 is 0. The molecule has 0 saturated heterocycles. The summed E-state index contributed by atoms with van der Waals surface area (Å²) in [5.74, 6) is 0.527. The van der Waals surface area contributed by atoms with Crippen molar-refractivity contribution in [3.8, 4) is 0 Å². The molecule has 1 saturated carbocycles. The minimum absolute atomic E-state index is 0.205. The lowest BCUT2D eigenvalue weighted by atomic mass is 9.90. The fraction of sp³-hybridized carbons (Fsp3) is 1.00. The first-order chi connectivity index (χ1) is 7.60. The summed E-state index contributed by atoms with van der Waals surface area (Å²) in [7, 11) is -3.20. The summed E-state index contributed by atoms with van der Waals surface area (Å²) in [5.41, 5.74) is 5.46. The average Bonchev–Trinajstić information content (AvgIpc) is 2.29. The first-order valence-electron chi connectivity index (χ1n) is 6.28. The molecule has 16 heavy (non-hydrogen) atoms. The van der Waals surface area contributed by atoms with Crippen LogP contribution in [0.15, 0.2) is 0 Å². The van der Waals surface area contributed by atoms with Crippen molar-refractivity contribution in [1.29, 1.82) is 0 Å². The lowest BCUT2D eigenvalue weighted by molar-refractivity contribution is 0.356. The Balaban J connectivity index is 2.40. The zero-order chi connectivity index (χ0) is 12.0. The van der Waals surface area contributed by atoms with Crippen LogP contribution in [0.25, 0.3) is 0 Å². The van der Waals surface area contributed by atoms with Crippen LogP contribution in [0.4, 0.5) is 0 Å². The van der Waals surface area contributed by atoms with E-state index in [1.54, 1.807) is 0 Å². The Morgan fingerprint density at radius 3 is 2.44 bits per heavy atom. The summed E-state index contributed by atoms with van der Waals surface area (Å²) in [6.07, 6.45) is 6.66. The van der Waals surface area contributed by atoms with Gasteiger partial charge in [0.05, 0.1) is 5.25 Å². The second-order valence-corrected chi connectivity index (χ2v) is 6.71. The van der Waals surface area contributed by atoms with Crippen molar-refractivity contribution in [2.45, 2.75) is 50.7 Å². The Labute approximate surface area is 99.0 Å². The van der Waals surface area contributed by atoms with E-state index in [4.69, 9.17) is 5.73 Å². The van der Waals surface area contributed by atoms with Crippen molar-refractivity contribution in [2.24, 2.45) is 11.7 Å². The number of hydrogen-bond acceptors (Lipinski definition) is 3. The van der Waals surface area contributed by atoms with Crippen LogP contribution < -0.4 is 10.5 Å². The third kappa shape index (κ3) is 4.03. The summed E-state index contributed by atoms with van der Waals surface area (Å²) in [6.45, 7) is 2.66. The van der Waals surface area contributed by atoms with Gasteiger partial charge in [-0.2, -0.15) is 0 Å². The van der Waals surface area contributed by atoms with Crippen LogP contribution in [-0.4, -0.2) is 26.8 Å². The summed E-state index contributed by atoms with van der Waals surface area (Å²) in [6, 6.07) is 0. The highest BCUT2D eigenvalue weighted by Gasteiger charge is 2.23. The Hall–Kier alpha value is -0.130. The van der Waals surface area contributed by atoms with Crippen LogP contribution in [0.2, 0.25) is 0 Å². The molecule has 0 heterocycles. The van der Waals surface area contributed by atoms with Gasteiger partial charge in [0.1, 0.15) is 0 Å². The quantitative estimate of drug-likeness (QED) is 0.742. The SMILES string of the molecule is CCC(CN)S(=O)(=O)NCC1CCCCC1. The molecular formula is C11H24N2O2S. The van der Waals surface area contributed by atoms with Crippen LogP contribution in [0.1, 0.15) is 45.4 Å². The summed E-state index contributed by atoms with van der Waals surface area (Å²) in [4.78, 5) is 0. The predicted octanol–water partition coefficient (Wildman–Crippen LogP) is 1.22. The van der Waals surface area contributed by atoms with E-state index >= 15 is 0 Å². The number of rotatable bonds is 6. The molecule has 1 unspecified atom stereocenters. The molecule has 0 spiro atoms. The maximum atomic E-state index is 11.8. The van der Waals surface area contributed by atoms with E-state index in [2.05, 4.69) is 4.72 Å².